The summed E-state index contributed by atoms with van der Waals surface area (Å²) in [5.41, 5.74) is -2.44. The molecule has 3 aromatic carbocycles. The first kappa shape index (κ1) is 34.2. The van der Waals surface area contributed by atoms with E-state index in [1.54, 1.807) is 0 Å². The predicted octanol–water partition coefficient (Wildman–Crippen LogP) is 4.20. The first-order valence-electron chi connectivity index (χ1n) is 13.2. The summed E-state index contributed by atoms with van der Waals surface area (Å²) in [5.74, 6) is -0.332. The van der Waals surface area contributed by atoms with Gasteiger partial charge in [-0.2, -0.15) is 30.1 Å². The smallest absolute Gasteiger partial charge is 0.390 e. The highest BCUT2D eigenvalue weighted by atomic mass is 32.3. The minimum atomic E-state index is -5.17. The fourth-order valence-electron chi connectivity index (χ4n) is 4.57. The van der Waals surface area contributed by atoms with E-state index >= 15 is 0 Å². The second-order valence-electron chi connectivity index (χ2n) is 10.2. The molecule has 1 fully saturated rings. The number of amides is 1. The van der Waals surface area contributed by atoms with Crippen LogP contribution in [-0.2, 0) is 43.6 Å². The van der Waals surface area contributed by atoms with Crippen molar-refractivity contribution >= 4 is 31.6 Å². The highest BCUT2D eigenvalue weighted by molar-refractivity contribution is 8.10. The number of piperidine rings is 1. The maximum absolute atomic E-state index is 13.7. The van der Waals surface area contributed by atoms with Gasteiger partial charge in [0.2, 0.25) is 5.91 Å². The molecule has 0 spiro atoms. The van der Waals surface area contributed by atoms with Gasteiger partial charge in [-0.15, -0.1) is 0 Å². The van der Waals surface area contributed by atoms with E-state index in [1.807, 2.05) is 0 Å². The Hall–Kier alpha value is -3.67. The first-order chi connectivity index (χ1) is 20.8. The minimum absolute atomic E-state index is 0.0421. The first-order valence-corrected chi connectivity index (χ1v) is 16.1. The normalized spacial score (nSPS) is 18.1. The van der Waals surface area contributed by atoms with Crippen LogP contribution in [0.2, 0.25) is 0 Å². The third kappa shape index (κ3) is 7.59. The van der Waals surface area contributed by atoms with Crippen LogP contribution in [0.25, 0.3) is 0 Å². The molecule has 2 N–H and O–H groups in total. The van der Waals surface area contributed by atoms with Crippen molar-refractivity contribution in [2.75, 3.05) is 16.8 Å². The van der Waals surface area contributed by atoms with Crippen molar-refractivity contribution in [2.24, 2.45) is 0 Å². The van der Waals surface area contributed by atoms with Gasteiger partial charge in [-0.25, -0.2) is 16.8 Å². The summed E-state index contributed by atoms with van der Waals surface area (Å²) in [4.78, 5) is 12.3. The maximum atomic E-state index is 13.7. The number of sulfonamides is 2. The van der Waals surface area contributed by atoms with Crippen molar-refractivity contribution in [3.63, 3.8) is 0 Å². The molecule has 17 heteroatoms. The van der Waals surface area contributed by atoms with Crippen LogP contribution < -0.4 is 3.71 Å². The van der Waals surface area contributed by atoms with Crippen LogP contribution in [0.1, 0.15) is 29.5 Å². The number of carbonyl (C=O) groups is 1. The van der Waals surface area contributed by atoms with E-state index in [2.05, 4.69) is 0 Å². The SMILES string of the molecule is O=C(CCc1ccc(N(S(=O)(=O)c2ccc(C(F)(F)F)cc2)S(=O)(=O)c2ccc(C(F)(F)F)cc2)cc1)N1CC[C@H](O)[C@H](O)C1. The van der Waals surface area contributed by atoms with E-state index in [9.17, 15) is 58.2 Å². The standard InChI is InChI=1S/C28H26F6N2O7S2/c29-27(30,31)19-4-10-22(11-5-19)44(40,41)36(45(42,43)23-12-6-20(7-13-23)28(32,33)34)21-8-1-18(2-9-21)3-14-26(39)35-16-15-24(37)25(38)17-35/h1-2,4-13,24-25,37-38H,3,14-17H2/t24-,25+/m0/s1. The number of rotatable bonds is 8. The van der Waals surface area contributed by atoms with E-state index in [1.165, 1.54) is 17.0 Å². The number of aryl methyl sites for hydroxylation is 1. The average Bonchev–Trinajstić information content (AvgIpc) is 2.97. The Bertz CT molecular complexity index is 1640. The van der Waals surface area contributed by atoms with Gasteiger partial charge in [-0.3, -0.25) is 4.79 Å². The molecule has 1 aliphatic heterocycles. The minimum Gasteiger partial charge on any atom is -0.390 e. The lowest BCUT2D eigenvalue weighted by Gasteiger charge is -2.33. The van der Waals surface area contributed by atoms with Crippen molar-refractivity contribution in [3.8, 4) is 0 Å². The van der Waals surface area contributed by atoms with Gasteiger partial charge in [-0.1, -0.05) is 12.1 Å². The number of β-amino-alcohol motifs (C(OH)–C–C–N with tert-alkyl or cyclic N) is 1. The average molecular weight is 681 g/mol. The molecular weight excluding hydrogens is 654 g/mol. The molecule has 0 radical (unpaired) electrons. The van der Waals surface area contributed by atoms with Crippen molar-refractivity contribution in [1.29, 1.82) is 0 Å². The molecule has 3 aromatic rings. The van der Waals surface area contributed by atoms with Crippen LogP contribution in [0.15, 0.2) is 82.6 Å². The fourth-order valence-corrected chi connectivity index (χ4v) is 8.26. The molecule has 1 saturated heterocycles. The lowest BCUT2D eigenvalue weighted by atomic mass is 10.0. The van der Waals surface area contributed by atoms with Crippen molar-refractivity contribution < 1.29 is 58.2 Å². The molecule has 0 saturated carbocycles. The van der Waals surface area contributed by atoms with E-state index < -0.39 is 71.2 Å². The van der Waals surface area contributed by atoms with Crippen LogP contribution in [0.5, 0.6) is 0 Å². The molecule has 1 heterocycles. The number of halogens is 6. The monoisotopic (exact) mass is 680 g/mol. The molecule has 1 amide bonds. The number of hydrogen-bond acceptors (Lipinski definition) is 7. The summed E-state index contributed by atoms with van der Waals surface area (Å²) < 4.78 is 133. The summed E-state index contributed by atoms with van der Waals surface area (Å²) in [6.45, 7) is 0.173. The summed E-state index contributed by atoms with van der Waals surface area (Å²) in [5, 5.41) is 19.4. The van der Waals surface area contributed by atoms with E-state index in [0.717, 1.165) is 12.1 Å². The lowest BCUT2D eigenvalue weighted by molar-refractivity contribution is -0.138. The number of anilines is 1. The highest BCUT2D eigenvalue weighted by Gasteiger charge is 2.39. The van der Waals surface area contributed by atoms with Crippen molar-refractivity contribution in [1.82, 2.24) is 4.90 Å². The molecule has 4 rings (SSSR count). The van der Waals surface area contributed by atoms with Crippen LogP contribution in [0, 0.1) is 0 Å². The zero-order chi connectivity index (χ0) is 33.4. The van der Waals surface area contributed by atoms with Gasteiger partial charge in [0.05, 0.1) is 38.8 Å². The second-order valence-corrected chi connectivity index (χ2v) is 14.0. The third-order valence-electron chi connectivity index (χ3n) is 7.07. The topological polar surface area (TPSA) is 132 Å². The fraction of sp³-hybridized carbons (Fsp3) is 0.321. The van der Waals surface area contributed by atoms with Gasteiger partial charge in [0.15, 0.2) is 0 Å². The molecule has 9 nitrogen and oxygen atoms in total. The lowest BCUT2D eigenvalue weighted by Crippen LogP contribution is -2.49. The molecular formula is C28H26F6N2O7S2. The second kappa shape index (κ2) is 12.6. The largest absolute Gasteiger partial charge is 0.416 e. The number of likely N-dealkylation sites (tertiary alicyclic amines) is 1. The molecule has 2 atom stereocenters. The van der Waals surface area contributed by atoms with Crippen LogP contribution >= 0.6 is 0 Å². The predicted molar refractivity (Wildman–Crippen MR) is 148 cm³/mol. The number of alkyl halides is 6. The van der Waals surface area contributed by atoms with E-state index in [0.29, 0.717) is 54.1 Å². The van der Waals surface area contributed by atoms with Gasteiger partial charge >= 0.3 is 12.4 Å². The molecule has 0 unspecified atom stereocenters. The quantitative estimate of drug-likeness (QED) is 0.341. The van der Waals surface area contributed by atoms with E-state index in [4.69, 9.17) is 0 Å². The number of nitrogens with zero attached hydrogens (tertiary/aromatic N) is 2. The summed E-state index contributed by atoms with van der Waals surface area (Å²) in [6.07, 6.45) is -11.4. The third-order valence-corrected chi connectivity index (χ3v) is 11.3. The zero-order valence-corrected chi connectivity index (χ0v) is 24.7. The van der Waals surface area contributed by atoms with Gasteiger partial charge in [0.25, 0.3) is 20.0 Å². The number of aliphatic hydroxyl groups excluding tert-OH is 2. The van der Waals surface area contributed by atoms with Gasteiger partial charge in [0, 0.05) is 19.5 Å². The van der Waals surface area contributed by atoms with Gasteiger partial charge in [-0.05, 0) is 79.1 Å². The molecule has 0 aromatic heterocycles. The Morgan fingerprint density at radius 3 is 1.58 bits per heavy atom. The Morgan fingerprint density at radius 1 is 0.733 bits per heavy atom. The number of aliphatic hydroxyl groups is 2. The maximum Gasteiger partial charge on any atom is 0.416 e. The van der Waals surface area contributed by atoms with Crippen LogP contribution in [0.4, 0.5) is 32.0 Å². The van der Waals surface area contributed by atoms with Crippen molar-refractivity contribution in [3.05, 3.63) is 89.5 Å². The number of benzene rings is 3. The van der Waals surface area contributed by atoms with Crippen molar-refractivity contribution in [2.45, 2.75) is 53.6 Å². The van der Waals surface area contributed by atoms with Gasteiger partial charge < -0.3 is 15.1 Å². The van der Waals surface area contributed by atoms with E-state index in [-0.39, 0.29) is 42.0 Å². The molecule has 1 aliphatic rings. The Kier molecular flexibility index (Phi) is 9.59. The summed E-state index contributed by atoms with van der Waals surface area (Å²) in [7, 11) is -10.3. The number of hydrogen-bond donors (Lipinski definition) is 2. The Morgan fingerprint density at radius 2 is 1.18 bits per heavy atom. The summed E-state index contributed by atoms with van der Waals surface area (Å²) in [6, 6.07) is 8.78. The molecule has 244 valence electrons. The van der Waals surface area contributed by atoms with Crippen LogP contribution in [0.3, 0.4) is 0 Å². The molecule has 45 heavy (non-hydrogen) atoms. The van der Waals surface area contributed by atoms with Crippen LogP contribution in [-0.4, -0.2) is 63.2 Å². The molecule has 0 bridgehead atoms. The van der Waals surface area contributed by atoms with Gasteiger partial charge in [0.1, 0.15) is 0 Å². The Labute approximate surface area is 254 Å². The number of carbonyl (C=O) groups excluding carboxylic acids is 1. The zero-order valence-electron chi connectivity index (χ0n) is 23.0. The Balaban J connectivity index is 1.67. The summed E-state index contributed by atoms with van der Waals surface area (Å²) >= 11 is 0. The molecule has 0 aliphatic carbocycles. The highest BCUT2D eigenvalue weighted by Crippen LogP contribution is 2.35.